The number of nitrogens with zero attached hydrogens (tertiary/aromatic N) is 1. The molecule has 3 aromatic carbocycles. The molecule has 0 aliphatic heterocycles. The van der Waals surface area contributed by atoms with Gasteiger partial charge in [0.2, 0.25) is 0 Å². The van der Waals surface area contributed by atoms with Crippen LogP contribution in [0, 0.1) is 12.7 Å². The summed E-state index contributed by atoms with van der Waals surface area (Å²) in [7, 11) is 0. The minimum atomic E-state index is -0.269. The molecule has 0 saturated heterocycles. The van der Waals surface area contributed by atoms with Crippen LogP contribution in [-0.2, 0) is 6.61 Å². The molecule has 126 valence electrons. The Labute approximate surface area is 155 Å². The maximum absolute atomic E-state index is 13.8. The Morgan fingerprint density at radius 1 is 1.04 bits per heavy atom. The molecule has 0 N–H and O–H groups in total. The van der Waals surface area contributed by atoms with Gasteiger partial charge in [0.1, 0.15) is 18.2 Å². The minimum absolute atomic E-state index is 0.166. The average molecular weight is 398 g/mol. The molecule has 0 aliphatic rings. The van der Waals surface area contributed by atoms with E-state index in [-0.39, 0.29) is 12.4 Å². The summed E-state index contributed by atoms with van der Waals surface area (Å²) in [5.74, 6) is 0.388. The first-order chi connectivity index (χ1) is 12.1. The van der Waals surface area contributed by atoms with Crippen LogP contribution in [-0.4, -0.2) is 6.21 Å². The lowest BCUT2D eigenvalue weighted by Crippen LogP contribution is -2.00. The highest BCUT2D eigenvalue weighted by molar-refractivity contribution is 9.10. The Bertz CT molecular complexity index is 908. The fourth-order valence-electron chi connectivity index (χ4n) is 2.37. The lowest BCUT2D eigenvalue weighted by molar-refractivity contribution is 0.299. The predicted molar refractivity (Wildman–Crippen MR) is 103 cm³/mol. The van der Waals surface area contributed by atoms with Crippen LogP contribution < -0.4 is 4.74 Å². The number of benzene rings is 3. The van der Waals surface area contributed by atoms with Crippen molar-refractivity contribution >= 4 is 27.8 Å². The van der Waals surface area contributed by atoms with Gasteiger partial charge in [0, 0.05) is 21.8 Å². The second kappa shape index (κ2) is 8.08. The SMILES string of the molecule is Cc1ccccc1N=Cc1cc(Br)ccc1OCc1ccccc1F. The predicted octanol–water partition coefficient (Wildman–Crippen LogP) is 6.23. The molecule has 0 unspecified atom stereocenters. The van der Waals surface area contributed by atoms with E-state index in [1.807, 2.05) is 49.4 Å². The Morgan fingerprint density at radius 3 is 2.60 bits per heavy atom. The van der Waals surface area contributed by atoms with Crippen molar-refractivity contribution in [2.24, 2.45) is 4.99 Å². The van der Waals surface area contributed by atoms with E-state index in [0.717, 1.165) is 21.3 Å². The van der Waals surface area contributed by atoms with Gasteiger partial charge in [0.15, 0.2) is 0 Å². The topological polar surface area (TPSA) is 21.6 Å². The lowest BCUT2D eigenvalue weighted by atomic mass is 10.2. The first-order valence-corrected chi connectivity index (χ1v) is 8.68. The zero-order chi connectivity index (χ0) is 17.6. The summed E-state index contributed by atoms with van der Waals surface area (Å²) < 4.78 is 20.5. The summed E-state index contributed by atoms with van der Waals surface area (Å²) in [6.07, 6.45) is 1.77. The van der Waals surface area contributed by atoms with Crippen LogP contribution in [0.15, 0.2) is 76.2 Å². The van der Waals surface area contributed by atoms with Crippen LogP contribution in [0.4, 0.5) is 10.1 Å². The summed E-state index contributed by atoms with van der Waals surface area (Å²) >= 11 is 3.47. The Morgan fingerprint density at radius 2 is 1.80 bits per heavy atom. The lowest BCUT2D eigenvalue weighted by Gasteiger charge is -2.10. The van der Waals surface area contributed by atoms with Gasteiger partial charge in [-0.1, -0.05) is 52.3 Å². The fraction of sp³-hybridized carbons (Fsp3) is 0.0952. The maximum Gasteiger partial charge on any atom is 0.129 e. The molecule has 0 fully saturated rings. The van der Waals surface area contributed by atoms with Crippen LogP contribution in [0.1, 0.15) is 16.7 Å². The second-order valence-electron chi connectivity index (χ2n) is 5.61. The fourth-order valence-corrected chi connectivity index (χ4v) is 2.75. The van der Waals surface area contributed by atoms with Crippen molar-refractivity contribution in [3.63, 3.8) is 0 Å². The largest absolute Gasteiger partial charge is 0.488 e. The highest BCUT2D eigenvalue weighted by Gasteiger charge is 2.06. The van der Waals surface area contributed by atoms with Crippen LogP contribution in [0.2, 0.25) is 0 Å². The van der Waals surface area contributed by atoms with Crippen LogP contribution in [0.25, 0.3) is 0 Å². The average Bonchev–Trinajstić information content (AvgIpc) is 2.61. The van der Waals surface area contributed by atoms with Crippen molar-refractivity contribution < 1.29 is 9.13 Å². The number of aliphatic imine (C=N–C) groups is 1. The van der Waals surface area contributed by atoms with Gasteiger partial charge in [-0.25, -0.2) is 4.39 Å². The first kappa shape index (κ1) is 17.4. The number of rotatable bonds is 5. The number of hydrogen-bond donors (Lipinski definition) is 0. The monoisotopic (exact) mass is 397 g/mol. The van der Waals surface area contributed by atoms with Gasteiger partial charge in [-0.05, 0) is 42.8 Å². The third-order valence-electron chi connectivity index (χ3n) is 3.77. The molecule has 4 heteroatoms. The van der Waals surface area contributed by atoms with Crippen molar-refractivity contribution in [3.8, 4) is 5.75 Å². The van der Waals surface area contributed by atoms with E-state index in [1.165, 1.54) is 6.07 Å². The number of halogens is 2. The van der Waals surface area contributed by atoms with Gasteiger partial charge in [0.25, 0.3) is 0 Å². The van der Waals surface area contributed by atoms with Crippen LogP contribution >= 0.6 is 15.9 Å². The molecular weight excluding hydrogens is 381 g/mol. The molecular formula is C21H17BrFNO. The summed E-state index contributed by atoms with van der Waals surface area (Å²) in [5.41, 5.74) is 3.35. The third kappa shape index (κ3) is 4.54. The van der Waals surface area contributed by atoms with Gasteiger partial charge in [-0.15, -0.1) is 0 Å². The maximum atomic E-state index is 13.8. The second-order valence-corrected chi connectivity index (χ2v) is 6.52. The number of ether oxygens (including phenoxy) is 1. The molecule has 0 atom stereocenters. The third-order valence-corrected chi connectivity index (χ3v) is 4.26. The Balaban J connectivity index is 1.83. The summed E-state index contributed by atoms with van der Waals surface area (Å²) in [4.78, 5) is 4.55. The smallest absolute Gasteiger partial charge is 0.129 e. The van der Waals surface area contributed by atoms with Crippen molar-refractivity contribution in [2.75, 3.05) is 0 Å². The van der Waals surface area contributed by atoms with Crippen molar-refractivity contribution in [1.29, 1.82) is 0 Å². The van der Waals surface area contributed by atoms with E-state index in [9.17, 15) is 4.39 Å². The van der Waals surface area contributed by atoms with Gasteiger partial charge in [-0.2, -0.15) is 0 Å². The summed E-state index contributed by atoms with van der Waals surface area (Å²) in [6.45, 7) is 2.18. The number of aryl methyl sites for hydroxylation is 1. The quantitative estimate of drug-likeness (QED) is 0.467. The molecule has 0 heterocycles. The number of hydrogen-bond acceptors (Lipinski definition) is 2. The van der Waals surface area contributed by atoms with Crippen molar-refractivity contribution in [1.82, 2.24) is 0 Å². The van der Waals surface area contributed by atoms with Gasteiger partial charge in [0.05, 0.1) is 5.69 Å². The zero-order valence-corrected chi connectivity index (χ0v) is 15.3. The summed E-state index contributed by atoms with van der Waals surface area (Å²) in [6, 6.07) is 20.2. The summed E-state index contributed by atoms with van der Waals surface area (Å²) in [5, 5.41) is 0. The molecule has 0 bridgehead atoms. The van der Waals surface area contributed by atoms with E-state index < -0.39 is 0 Å². The van der Waals surface area contributed by atoms with E-state index in [0.29, 0.717) is 11.3 Å². The molecule has 0 saturated carbocycles. The van der Waals surface area contributed by atoms with Crippen molar-refractivity contribution in [3.05, 3.63) is 93.7 Å². The first-order valence-electron chi connectivity index (χ1n) is 7.89. The molecule has 0 radical (unpaired) electrons. The molecule has 3 rings (SSSR count). The van der Waals surface area contributed by atoms with Crippen LogP contribution in [0.5, 0.6) is 5.75 Å². The molecule has 0 aromatic heterocycles. The van der Waals surface area contributed by atoms with E-state index in [4.69, 9.17) is 4.74 Å². The molecule has 0 spiro atoms. The normalized spacial score (nSPS) is 11.0. The Kier molecular flexibility index (Phi) is 5.61. The van der Waals surface area contributed by atoms with E-state index in [1.54, 1.807) is 24.4 Å². The molecule has 0 aliphatic carbocycles. The highest BCUT2D eigenvalue weighted by Crippen LogP contribution is 2.25. The Hall–Kier alpha value is -2.46. The molecule has 2 nitrogen and oxygen atoms in total. The van der Waals surface area contributed by atoms with Gasteiger partial charge >= 0.3 is 0 Å². The van der Waals surface area contributed by atoms with E-state index >= 15 is 0 Å². The molecule has 0 amide bonds. The van der Waals surface area contributed by atoms with Gasteiger partial charge < -0.3 is 4.74 Å². The molecule has 3 aromatic rings. The zero-order valence-electron chi connectivity index (χ0n) is 13.7. The minimum Gasteiger partial charge on any atom is -0.488 e. The number of para-hydroxylation sites is 1. The van der Waals surface area contributed by atoms with Gasteiger partial charge in [-0.3, -0.25) is 4.99 Å². The standard InChI is InChI=1S/C21H17BrFNO/c1-15-6-2-5-9-20(15)24-13-17-12-18(22)10-11-21(17)25-14-16-7-3-4-8-19(16)23/h2-13H,14H2,1H3. The van der Waals surface area contributed by atoms with E-state index in [2.05, 4.69) is 20.9 Å². The van der Waals surface area contributed by atoms with Crippen molar-refractivity contribution in [2.45, 2.75) is 13.5 Å². The van der Waals surface area contributed by atoms with Crippen LogP contribution in [0.3, 0.4) is 0 Å². The highest BCUT2D eigenvalue weighted by atomic mass is 79.9. The molecule has 25 heavy (non-hydrogen) atoms.